The number of nitrogens with one attached hydrogen (secondary N) is 1. The molecule has 0 saturated carbocycles. The Kier molecular flexibility index (Phi) is 36.8. The molecule has 1 rings (SSSR count). The summed E-state index contributed by atoms with van der Waals surface area (Å²) in [6.45, 7) is 3.36. The van der Waals surface area contributed by atoms with E-state index in [1.807, 2.05) is 6.08 Å². The van der Waals surface area contributed by atoms with E-state index in [0.717, 1.165) is 38.5 Å². The van der Waals surface area contributed by atoms with Crippen molar-refractivity contribution in [2.24, 2.45) is 0 Å². The molecule has 7 atom stereocenters. The molecule has 1 fully saturated rings. The summed E-state index contributed by atoms with van der Waals surface area (Å²) in [7, 11) is -5.03. The van der Waals surface area contributed by atoms with E-state index >= 15 is 0 Å². The predicted octanol–water partition coefficient (Wildman–Crippen LogP) is 10.1. The molecule has 1 aliphatic heterocycles. The van der Waals surface area contributed by atoms with Crippen molar-refractivity contribution < 1.29 is 51.8 Å². The van der Waals surface area contributed by atoms with E-state index in [0.29, 0.717) is 6.42 Å². The van der Waals surface area contributed by atoms with Gasteiger partial charge in [0.15, 0.2) is 6.29 Å². The lowest BCUT2D eigenvalue weighted by molar-refractivity contribution is -0.298. The molecule has 1 heterocycles. The van der Waals surface area contributed by atoms with Gasteiger partial charge in [0.1, 0.15) is 24.4 Å². The van der Waals surface area contributed by atoms with Crippen molar-refractivity contribution in [2.45, 2.75) is 262 Å². The van der Waals surface area contributed by atoms with E-state index < -0.39 is 59.9 Å². The molecule has 61 heavy (non-hydrogen) atoms. The zero-order chi connectivity index (χ0) is 44.8. The van der Waals surface area contributed by atoms with E-state index in [1.165, 1.54) is 154 Å². The lowest BCUT2D eigenvalue weighted by Crippen LogP contribution is -2.61. The molecule has 0 radical (unpaired) electrons. The minimum Gasteiger partial charge on any atom is -0.394 e. The highest BCUT2D eigenvalue weighted by atomic mass is 32.3. The summed E-state index contributed by atoms with van der Waals surface area (Å²) in [5.41, 5.74) is 0. The standard InChI is InChI=1S/C48H91NO11S/c1-3-5-7-9-11-13-15-17-18-19-20-21-22-23-24-26-28-30-32-34-36-38-44(52)49-41(42(51)37-35-33-31-29-27-25-16-14-12-10-8-6-4-2)40-58-48-46(54)45(53)47(43(39-50)59-48)60-61(55,56)57/h17-18,35,37,41-43,45-48,50-51,53-54H,3-16,19-34,36,38-40H2,1-2H3,(H,49,52)(H,55,56,57)/b18-17-,37-35+/t41-,42+,43+,45+,46+,47-,48+/m0/s1. The third kappa shape index (κ3) is 32.0. The molecule has 13 heteroatoms. The fourth-order valence-corrected chi connectivity index (χ4v) is 8.38. The topological polar surface area (TPSA) is 192 Å². The Balaban J connectivity index is 2.42. The maximum absolute atomic E-state index is 13.0. The summed E-state index contributed by atoms with van der Waals surface area (Å²) >= 11 is 0. The second-order valence-corrected chi connectivity index (χ2v) is 18.4. The monoisotopic (exact) mass is 890 g/mol. The first-order valence-corrected chi connectivity index (χ1v) is 26.1. The molecular formula is C48H91NO11S. The maximum Gasteiger partial charge on any atom is 0.397 e. The Morgan fingerprint density at radius 2 is 1.05 bits per heavy atom. The number of rotatable bonds is 42. The number of hydrogen-bond donors (Lipinski definition) is 6. The SMILES string of the molecule is CCCCCCCC/C=C\CCCCCCCCCCCCCC(=O)N[C@@H](CO[C@@H]1O[C@H](CO)[C@H](OS(=O)(=O)O)[C@H](O)[C@H]1O)[C@H](O)/C=C/CCCCCCCCCCCCC. The normalized spacial score (nSPS) is 20.8. The van der Waals surface area contributed by atoms with Crippen molar-refractivity contribution in [1.29, 1.82) is 0 Å². The van der Waals surface area contributed by atoms with Gasteiger partial charge in [0.05, 0.1) is 25.4 Å². The average molecular weight is 890 g/mol. The van der Waals surface area contributed by atoms with Gasteiger partial charge in [-0.05, 0) is 44.9 Å². The number of carbonyl (C=O) groups is 1. The van der Waals surface area contributed by atoms with Crippen LogP contribution in [0, 0.1) is 0 Å². The van der Waals surface area contributed by atoms with Crippen LogP contribution in [0.1, 0.15) is 219 Å². The Morgan fingerprint density at radius 3 is 1.48 bits per heavy atom. The van der Waals surface area contributed by atoms with Crippen LogP contribution in [0.25, 0.3) is 0 Å². The summed E-state index contributed by atoms with van der Waals surface area (Å²) < 4.78 is 47.2. The fourth-order valence-electron chi connectivity index (χ4n) is 7.87. The summed E-state index contributed by atoms with van der Waals surface area (Å²) in [6.07, 6.45) is 36.6. The van der Waals surface area contributed by atoms with Gasteiger partial charge in [-0.25, -0.2) is 4.18 Å². The number of aliphatic hydroxyl groups is 4. The van der Waals surface area contributed by atoms with Crippen LogP contribution < -0.4 is 5.32 Å². The highest BCUT2D eigenvalue weighted by Gasteiger charge is 2.47. The molecule has 1 amide bonds. The quantitative estimate of drug-likeness (QED) is 0.0194. The Morgan fingerprint density at radius 1 is 0.639 bits per heavy atom. The van der Waals surface area contributed by atoms with E-state index in [4.69, 9.17) is 14.0 Å². The van der Waals surface area contributed by atoms with Gasteiger partial charge in [-0.15, -0.1) is 0 Å². The van der Waals surface area contributed by atoms with Gasteiger partial charge < -0.3 is 35.2 Å². The third-order valence-electron chi connectivity index (χ3n) is 11.7. The molecule has 6 N–H and O–H groups in total. The van der Waals surface area contributed by atoms with Gasteiger partial charge in [0.25, 0.3) is 0 Å². The number of allylic oxidation sites excluding steroid dienone is 3. The second-order valence-electron chi connectivity index (χ2n) is 17.4. The van der Waals surface area contributed by atoms with Gasteiger partial charge in [-0.1, -0.05) is 192 Å². The van der Waals surface area contributed by atoms with Crippen LogP contribution in [-0.4, -0.2) is 95.4 Å². The third-order valence-corrected chi connectivity index (χ3v) is 12.2. The van der Waals surface area contributed by atoms with Crippen LogP contribution in [0.15, 0.2) is 24.3 Å². The number of unbranched alkanes of at least 4 members (excludes halogenated alkanes) is 28. The number of ether oxygens (including phenoxy) is 2. The van der Waals surface area contributed by atoms with Crippen molar-refractivity contribution in [3.8, 4) is 0 Å². The van der Waals surface area contributed by atoms with Gasteiger partial charge in [-0.3, -0.25) is 9.35 Å². The van der Waals surface area contributed by atoms with Crippen LogP contribution in [0.5, 0.6) is 0 Å². The average Bonchev–Trinajstić information content (AvgIpc) is 3.23. The van der Waals surface area contributed by atoms with Crippen molar-refractivity contribution in [3.63, 3.8) is 0 Å². The van der Waals surface area contributed by atoms with Crippen molar-refractivity contribution in [1.82, 2.24) is 5.32 Å². The molecule has 0 aromatic rings. The molecule has 12 nitrogen and oxygen atoms in total. The molecule has 0 aromatic heterocycles. The second kappa shape index (κ2) is 39.0. The first-order chi connectivity index (χ1) is 29.5. The zero-order valence-corrected chi connectivity index (χ0v) is 39.3. The maximum atomic E-state index is 13.0. The van der Waals surface area contributed by atoms with Crippen LogP contribution >= 0.6 is 0 Å². The van der Waals surface area contributed by atoms with E-state index in [9.17, 15) is 33.6 Å². The molecule has 360 valence electrons. The molecule has 0 unspecified atom stereocenters. The largest absolute Gasteiger partial charge is 0.397 e. The number of aliphatic hydroxyl groups excluding tert-OH is 4. The van der Waals surface area contributed by atoms with Crippen molar-refractivity contribution in [3.05, 3.63) is 24.3 Å². The summed E-state index contributed by atoms with van der Waals surface area (Å²) in [5, 5.41) is 44.8. The molecule has 0 aliphatic carbocycles. The lowest BCUT2D eigenvalue weighted by atomic mass is 9.99. The minimum absolute atomic E-state index is 0.250. The molecule has 0 spiro atoms. The summed E-state index contributed by atoms with van der Waals surface area (Å²) in [5.74, 6) is -0.250. The van der Waals surface area contributed by atoms with E-state index in [2.05, 4.69) is 35.5 Å². The molecule has 1 saturated heterocycles. The summed E-state index contributed by atoms with van der Waals surface area (Å²) in [6, 6.07) is -0.917. The number of amides is 1. The first-order valence-electron chi connectivity index (χ1n) is 24.7. The Labute approximate surface area is 372 Å². The van der Waals surface area contributed by atoms with E-state index in [1.54, 1.807) is 6.08 Å². The fraction of sp³-hybridized carbons (Fsp3) is 0.896. The van der Waals surface area contributed by atoms with Crippen LogP contribution in [0.3, 0.4) is 0 Å². The predicted molar refractivity (Wildman–Crippen MR) is 245 cm³/mol. The van der Waals surface area contributed by atoms with Crippen LogP contribution in [0.4, 0.5) is 0 Å². The van der Waals surface area contributed by atoms with Crippen molar-refractivity contribution in [2.75, 3.05) is 13.2 Å². The lowest BCUT2D eigenvalue weighted by Gasteiger charge is -2.41. The van der Waals surface area contributed by atoms with Crippen LogP contribution in [-0.2, 0) is 28.9 Å². The Bertz CT molecular complexity index is 1180. The number of hydrogen-bond acceptors (Lipinski definition) is 10. The highest BCUT2D eigenvalue weighted by molar-refractivity contribution is 7.80. The van der Waals surface area contributed by atoms with Gasteiger partial charge in [0, 0.05) is 6.42 Å². The first kappa shape index (κ1) is 57.6. The summed E-state index contributed by atoms with van der Waals surface area (Å²) in [4.78, 5) is 13.0. The molecule has 0 aromatic carbocycles. The van der Waals surface area contributed by atoms with Gasteiger partial charge in [0.2, 0.25) is 5.91 Å². The Hall–Kier alpha value is -1.42. The molecule has 1 aliphatic rings. The highest BCUT2D eigenvalue weighted by Crippen LogP contribution is 2.26. The zero-order valence-electron chi connectivity index (χ0n) is 38.5. The smallest absolute Gasteiger partial charge is 0.394 e. The molecule has 0 bridgehead atoms. The molecular weight excluding hydrogens is 799 g/mol. The van der Waals surface area contributed by atoms with E-state index in [-0.39, 0.29) is 18.9 Å². The van der Waals surface area contributed by atoms with Crippen molar-refractivity contribution >= 4 is 16.3 Å². The number of carbonyl (C=O) groups excluding carboxylic acids is 1. The van der Waals surface area contributed by atoms with Gasteiger partial charge >= 0.3 is 10.4 Å². The van der Waals surface area contributed by atoms with Crippen LogP contribution in [0.2, 0.25) is 0 Å². The minimum atomic E-state index is -5.03. The van der Waals surface area contributed by atoms with Gasteiger partial charge in [-0.2, -0.15) is 8.42 Å².